The van der Waals surface area contributed by atoms with Gasteiger partial charge in [-0.15, -0.1) is 0 Å². The van der Waals surface area contributed by atoms with E-state index < -0.39 is 6.10 Å². The molecule has 0 bridgehead atoms. The number of benzene rings is 1. The van der Waals surface area contributed by atoms with Crippen LogP contribution in [0.5, 0.6) is 0 Å². The van der Waals surface area contributed by atoms with Gasteiger partial charge in [-0.25, -0.2) is 0 Å². The molecule has 0 aromatic heterocycles. The van der Waals surface area contributed by atoms with Crippen molar-refractivity contribution in [3.05, 3.63) is 33.8 Å². The highest BCUT2D eigenvalue weighted by Gasteiger charge is 2.07. The molecule has 0 aliphatic heterocycles. The monoisotopic (exact) mass is 184 g/mol. The summed E-state index contributed by atoms with van der Waals surface area (Å²) in [7, 11) is 0. The average molecular weight is 185 g/mol. The van der Waals surface area contributed by atoms with Crippen LogP contribution in [0.25, 0.3) is 0 Å². The maximum atomic E-state index is 9.39. The molecule has 2 heteroatoms. The number of hydrogen-bond donors (Lipinski definition) is 1. The molecule has 1 unspecified atom stereocenters. The number of aryl methyl sites for hydroxylation is 1. The molecule has 12 heavy (non-hydrogen) atoms. The molecule has 0 saturated carbocycles. The van der Waals surface area contributed by atoms with Crippen molar-refractivity contribution in [1.29, 1.82) is 0 Å². The van der Waals surface area contributed by atoms with Crippen molar-refractivity contribution in [2.75, 3.05) is 0 Å². The first-order chi connectivity index (χ1) is 5.52. The number of aliphatic hydroxyl groups is 1. The van der Waals surface area contributed by atoms with Gasteiger partial charge < -0.3 is 5.11 Å². The summed E-state index contributed by atoms with van der Waals surface area (Å²) in [6, 6.07) is 3.87. The zero-order valence-corrected chi connectivity index (χ0v) is 8.31. The second-order valence-corrected chi connectivity index (χ2v) is 3.54. The highest BCUT2D eigenvalue weighted by Crippen LogP contribution is 2.25. The van der Waals surface area contributed by atoms with E-state index >= 15 is 0 Å². The molecule has 66 valence electrons. The average Bonchev–Trinajstić information content (AvgIpc) is 1.96. The molecule has 0 heterocycles. The van der Waals surface area contributed by atoms with Crippen LogP contribution < -0.4 is 0 Å². The van der Waals surface area contributed by atoms with Crippen molar-refractivity contribution in [3.8, 4) is 0 Å². The van der Waals surface area contributed by atoms with E-state index in [1.54, 1.807) is 6.92 Å². The first-order valence-corrected chi connectivity index (χ1v) is 4.35. The zero-order valence-electron chi connectivity index (χ0n) is 7.56. The number of rotatable bonds is 1. The second kappa shape index (κ2) is 3.46. The molecule has 1 rings (SSSR count). The zero-order chi connectivity index (χ0) is 9.30. The molecule has 1 aromatic rings. The minimum atomic E-state index is -0.442. The molecule has 0 spiro atoms. The molecule has 1 atom stereocenters. The summed E-state index contributed by atoms with van der Waals surface area (Å²) in [5, 5.41) is 10.1. The van der Waals surface area contributed by atoms with Gasteiger partial charge in [0.2, 0.25) is 0 Å². The molecule has 0 saturated heterocycles. The first kappa shape index (κ1) is 9.56. The van der Waals surface area contributed by atoms with Crippen LogP contribution in [0.4, 0.5) is 0 Å². The van der Waals surface area contributed by atoms with E-state index in [0.717, 1.165) is 21.7 Å². The lowest BCUT2D eigenvalue weighted by atomic mass is 10.0. The van der Waals surface area contributed by atoms with Gasteiger partial charge in [-0.05, 0) is 43.5 Å². The Labute approximate surface area is 78.0 Å². The van der Waals surface area contributed by atoms with Gasteiger partial charge in [0, 0.05) is 5.02 Å². The minimum Gasteiger partial charge on any atom is -0.389 e. The van der Waals surface area contributed by atoms with Gasteiger partial charge in [0.15, 0.2) is 0 Å². The Bertz CT molecular complexity index is 292. The SMILES string of the molecule is Cc1cc(Cl)c(C)c(C(C)O)c1. The van der Waals surface area contributed by atoms with Crippen molar-refractivity contribution >= 4 is 11.6 Å². The lowest BCUT2D eigenvalue weighted by Gasteiger charge is -2.11. The third-order valence-electron chi connectivity index (χ3n) is 1.98. The highest BCUT2D eigenvalue weighted by molar-refractivity contribution is 6.31. The normalized spacial score (nSPS) is 13.1. The number of aliphatic hydroxyl groups excluding tert-OH is 1. The third kappa shape index (κ3) is 1.79. The van der Waals surface area contributed by atoms with Crippen LogP contribution in [0.1, 0.15) is 29.7 Å². The van der Waals surface area contributed by atoms with Crippen molar-refractivity contribution in [2.24, 2.45) is 0 Å². The Kier molecular flexibility index (Phi) is 2.76. The van der Waals surface area contributed by atoms with E-state index in [-0.39, 0.29) is 0 Å². The summed E-state index contributed by atoms with van der Waals surface area (Å²) in [5.41, 5.74) is 2.97. The van der Waals surface area contributed by atoms with Gasteiger partial charge in [0.1, 0.15) is 0 Å². The van der Waals surface area contributed by atoms with E-state index in [2.05, 4.69) is 0 Å². The standard InChI is InChI=1S/C10H13ClO/c1-6-4-9(8(3)12)7(2)10(11)5-6/h4-5,8,12H,1-3H3. The van der Waals surface area contributed by atoms with Crippen molar-refractivity contribution in [3.63, 3.8) is 0 Å². The lowest BCUT2D eigenvalue weighted by molar-refractivity contribution is 0.198. The van der Waals surface area contributed by atoms with Gasteiger partial charge in [0.25, 0.3) is 0 Å². The van der Waals surface area contributed by atoms with E-state index in [0.29, 0.717) is 0 Å². The summed E-state index contributed by atoms with van der Waals surface area (Å²) in [6.45, 7) is 5.64. The minimum absolute atomic E-state index is 0.442. The van der Waals surface area contributed by atoms with Crippen molar-refractivity contribution in [2.45, 2.75) is 26.9 Å². The van der Waals surface area contributed by atoms with Crippen LogP contribution in [-0.4, -0.2) is 5.11 Å². The molecule has 0 aliphatic rings. The van der Waals surface area contributed by atoms with Gasteiger partial charge in [-0.1, -0.05) is 17.7 Å². The fraction of sp³-hybridized carbons (Fsp3) is 0.400. The third-order valence-corrected chi connectivity index (χ3v) is 2.37. The Morgan fingerprint density at radius 2 is 1.92 bits per heavy atom. The topological polar surface area (TPSA) is 20.2 Å². The smallest absolute Gasteiger partial charge is 0.0765 e. The molecule has 1 aromatic carbocycles. The maximum Gasteiger partial charge on any atom is 0.0765 e. The van der Waals surface area contributed by atoms with Gasteiger partial charge >= 0.3 is 0 Å². The van der Waals surface area contributed by atoms with E-state index in [4.69, 9.17) is 11.6 Å². The number of halogens is 1. The predicted molar refractivity (Wildman–Crippen MR) is 51.6 cm³/mol. The van der Waals surface area contributed by atoms with Crippen LogP contribution in [0.2, 0.25) is 5.02 Å². The second-order valence-electron chi connectivity index (χ2n) is 3.14. The van der Waals surface area contributed by atoms with E-state index in [1.165, 1.54) is 0 Å². The maximum absolute atomic E-state index is 9.39. The Morgan fingerprint density at radius 3 is 2.42 bits per heavy atom. The largest absolute Gasteiger partial charge is 0.389 e. The molecular formula is C10H13ClO. The fourth-order valence-corrected chi connectivity index (χ4v) is 1.56. The van der Waals surface area contributed by atoms with Crippen LogP contribution >= 0.6 is 11.6 Å². The molecule has 0 amide bonds. The van der Waals surface area contributed by atoms with Crippen LogP contribution in [0, 0.1) is 13.8 Å². The Balaban J connectivity index is 3.28. The van der Waals surface area contributed by atoms with Crippen LogP contribution in [0.3, 0.4) is 0 Å². The van der Waals surface area contributed by atoms with E-state index in [1.807, 2.05) is 26.0 Å². The quantitative estimate of drug-likeness (QED) is 0.712. The first-order valence-electron chi connectivity index (χ1n) is 3.97. The predicted octanol–water partition coefficient (Wildman–Crippen LogP) is 3.01. The van der Waals surface area contributed by atoms with Gasteiger partial charge in [0.05, 0.1) is 6.10 Å². The molecule has 1 N–H and O–H groups in total. The molecule has 1 nitrogen and oxygen atoms in total. The summed E-state index contributed by atoms with van der Waals surface area (Å²) < 4.78 is 0. The lowest BCUT2D eigenvalue weighted by Crippen LogP contribution is -1.96. The molecular weight excluding hydrogens is 172 g/mol. The molecule has 0 radical (unpaired) electrons. The van der Waals surface area contributed by atoms with Crippen molar-refractivity contribution in [1.82, 2.24) is 0 Å². The van der Waals surface area contributed by atoms with Crippen LogP contribution in [0.15, 0.2) is 12.1 Å². The van der Waals surface area contributed by atoms with Gasteiger partial charge in [-0.3, -0.25) is 0 Å². The fourth-order valence-electron chi connectivity index (χ4n) is 1.28. The molecule has 0 aliphatic carbocycles. The Hall–Kier alpha value is -0.530. The number of hydrogen-bond acceptors (Lipinski definition) is 1. The summed E-state index contributed by atoms with van der Waals surface area (Å²) in [5.74, 6) is 0. The van der Waals surface area contributed by atoms with Crippen LogP contribution in [-0.2, 0) is 0 Å². The van der Waals surface area contributed by atoms with Crippen molar-refractivity contribution < 1.29 is 5.11 Å². The highest BCUT2D eigenvalue weighted by atomic mass is 35.5. The summed E-state index contributed by atoms with van der Waals surface area (Å²) in [4.78, 5) is 0. The van der Waals surface area contributed by atoms with E-state index in [9.17, 15) is 5.11 Å². The summed E-state index contributed by atoms with van der Waals surface area (Å²) in [6.07, 6.45) is -0.442. The van der Waals surface area contributed by atoms with Gasteiger partial charge in [-0.2, -0.15) is 0 Å². The Morgan fingerprint density at radius 1 is 1.33 bits per heavy atom. The summed E-state index contributed by atoms with van der Waals surface area (Å²) >= 11 is 5.95. The molecule has 0 fully saturated rings.